The van der Waals surface area contributed by atoms with Crippen molar-refractivity contribution >= 4 is 34.2 Å². The summed E-state index contributed by atoms with van der Waals surface area (Å²) >= 11 is 1.27. The number of Topliss-reactive ketones (excluding diaryl/α,β-unsaturated/α-hetero) is 1. The Kier molecular flexibility index (Phi) is 6.24. The molecular weight excluding hydrogens is 464 g/mol. The number of thioether (sulfide) groups is 1. The van der Waals surface area contributed by atoms with Crippen LogP contribution in [-0.4, -0.2) is 44.9 Å². The minimum atomic E-state index is -0.137. The summed E-state index contributed by atoms with van der Waals surface area (Å²) in [6, 6.07) is 22.2. The van der Waals surface area contributed by atoms with E-state index in [-0.39, 0.29) is 17.1 Å². The Morgan fingerprint density at radius 2 is 1.66 bits per heavy atom. The van der Waals surface area contributed by atoms with Crippen molar-refractivity contribution in [3.63, 3.8) is 0 Å². The van der Waals surface area contributed by atoms with Gasteiger partial charge in [-0.3, -0.25) is 18.6 Å². The maximum atomic E-state index is 13.3. The molecule has 0 aliphatic heterocycles. The van der Waals surface area contributed by atoms with E-state index in [2.05, 4.69) is 10.2 Å². The van der Waals surface area contributed by atoms with Crippen LogP contribution in [0.15, 0.2) is 82.7 Å². The molecule has 0 radical (unpaired) electrons. The number of aromatic nitrogens is 4. The van der Waals surface area contributed by atoms with Gasteiger partial charge in [0, 0.05) is 5.56 Å². The lowest BCUT2D eigenvalue weighted by Gasteiger charge is -2.11. The molecule has 0 fully saturated rings. The van der Waals surface area contributed by atoms with Crippen molar-refractivity contribution in [2.45, 2.75) is 11.7 Å². The molecule has 2 heterocycles. The molecule has 35 heavy (non-hydrogen) atoms. The smallest absolute Gasteiger partial charge is 0.263 e. The Labute approximate surface area is 205 Å². The van der Waals surface area contributed by atoms with Crippen LogP contribution in [0.2, 0.25) is 0 Å². The highest BCUT2D eigenvalue weighted by atomic mass is 32.2. The van der Waals surface area contributed by atoms with Crippen LogP contribution >= 0.6 is 11.8 Å². The molecule has 0 aliphatic rings. The second-order valence-electron chi connectivity index (χ2n) is 7.79. The number of nitrogens with zero attached hydrogens (tertiary/aromatic N) is 4. The number of hydrogen-bond donors (Lipinski definition) is 0. The van der Waals surface area contributed by atoms with E-state index < -0.39 is 0 Å². The van der Waals surface area contributed by atoms with Crippen molar-refractivity contribution in [2.75, 3.05) is 20.0 Å². The zero-order valence-corrected chi connectivity index (χ0v) is 20.0. The second-order valence-corrected chi connectivity index (χ2v) is 8.74. The number of ketones is 1. The standard InChI is InChI=1S/C26H22N4O4S/c1-33-22-13-12-18(14-23(22)34-2)21(31)16-35-26-28-27-25-29(15-17-8-4-3-5-9-17)24(32)19-10-6-7-11-20(19)30(25)26/h3-14H,15-16H2,1-2H3. The van der Waals surface area contributed by atoms with Gasteiger partial charge in [-0.2, -0.15) is 0 Å². The minimum absolute atomic E-state index is 0.0883. The highest BCUT2D eigenvalue weighted by Gasteiger charge is 2.19. The summed E-state index contributed by atoms with van der Waals surface area (Å²) in [4.78, 5) is 26.3. The number of methoxy groups -OCH3 is 2. The topological polar surface area (TPSA) is 87.7 Å². The van der Waals surface area contributed by atoms with E-state index in [1.165, 1.54) is 18.9 Å². The van der Waals surface area contributed by atoms with Crippen molar-refractivity contribution in [1.29, 1.82) is 0 Å². The van der Waals surface area contributed by atoms with E-state index in [4.69, 9.17) is 9.47 Å². The summed E-state index contributed by atoms with van der Waals surface area (Å²) < 4.78 is 14.0. The van der Waals surface area contributed by atoms with Crippen LogP contribution in [0.3, 0.4) is 0 Å². The molecule has 8 nitrogen and oxygen atoms in total. The Bertz CT molecular complexity index is 1590. The fourth-order valence-electron chi connectivity index (χ4n) is 3.96. The molecule has 0 aliphatic carbocycles. The SMILES string of the molecule is COc1ccc(C(=O)CSc2nnc3n(Cc4ccccc4)c(=O)c4ccccc4n23)cc1OC. The number of benzene rings is 3. The Morgan fingerprint density at radius 3 is 2.43 bits per heavy atom. The second kappa shape index (κ2) is 9.63. The van der Waals surface area contributed by atoms with Crippen molar-refractivity contribution in [2.24, 2.45) is 0 Å². The predicted octanol–water partition coefficient (Wildman–Crippen LogP) is 4.08. The third-order valence-electron chi connectivity index (χ3n) is 5.70. The van der Waals surface area contributed by atoms with E-state index in [1.807, 2.05) is 52.9 Å². The number of rotatable bonds is 8. The molecule has 0 saturated heterocycles. The van der Waals surface area contributed by atoms with Gasteiger partial charge in [0.15, 0.2) is 22.4 Å². The molecule has 0 unspecified atom stereocenters. The van der Waals surface area contributed by atoms with Gasteiger partial charge in [0.05, 0.1) is 37.4 Å². The minimum Gasteiger partial charge on any atom is -0.493 e. The summed E-state index contributed by atoms with van der Waals surface area (Å²) in [5.74, 6) is 1.53. The molecule has 0 saturated carbocycles. The van der Waals surface area contributed by atoms with Gasteiger partial charge in [0.2, 0.25) is 5.78 Å². The summed E-state index contributed by atoms with van der Waals surface area (Å²) in [5, 5.41) is 9.76. The van der Waals surface area contributed by atoms with Gasteiger partial charge in [-0.1, -0.05) is 54.2 Å². The summed E-state index contributed by atoms with van der Waals surface area (Å²) in [7, 11) is 3.08. The molecule has 0 N–H and O–H groups in total. The molecule has 9 heteroatoms. The number of hydrogen-bond acceptors (Lipinski definition) is 7. The lowest BCUT2D eigenvalue weighted by molar-refractivity contribution is 0.102. The van der Waals surface area contributed by atoms with Gasteiger partial charge in [-0.15, -0.1) is 10.2 Å². The molecular formula is C26H22N4O4S. The van der Waals surface area contributed by atoms with Gasteiger partial charge >= 0.3 is 0 Å². The molecule has 2 aromatic heterocycles. The van der Waals surface area contributed by atoms with Crippen LogP contribution in [0.25, 0.3) is 16.7 Å². The van der Waals surface area contributed by atoms with Crippen molar-refractivity contribution in [1.82, 2.24) is 19.2 Å². The monoisotopic (exact) mass is 486 g/mol. The van der Waals surface area contributed by atoms with Gasteiger partial charge in [-0.05, 0) is 35.9 Å². The molecule has 0 amide bonds. The van der Waals surface area contributed by atoms with Crippen LogP contribution < -0.4 is 15.0 Å². The Balaban J connectivity index is 1.52. The first-order valence-electron chi connectivity index (χ1n) is 10.9. The highest BCUT2D eigenvalue weighted by molar-refractivity contribution is 7.99. The normalized spacial score (nSPS) is 11.1. The zero-order chi connectivity index (χ0) is 24.4. The third-order valence-corrected chi connectivity index (χ3v) is 6.63. The number of carbonyl (C=O) groups is 1. The average Bonchev–Trinajstić information content (AvgIpc) is 3.33. The number of carbonyl (C=O) groups excluding carboxylic acids is 1. The van der Waals surface area contributed by atoms with E-state index >= 15 is 0 Å². The quantitative estimate of drug-likeness (QED) is 0.241. The Morgan fingerprint density at radius 1 is 0.914 bits per heavy atom. The molecule has 176 valence electrons. The third kappa shape index (κ3) is 4.26. The lowest BCUT2D eigenvalue weighted by atomic mass is 10.1. The fourth-order valence-corrected chi connectivity index (χ4v) is 4.79. The van der Waals surface area contributed by atoms with Gasteiger partial charge in [0.1, 0.15) is 0 Å². The highest BCUT2D eigenvalue weighted by Crippen LogP contribution is 2.29. The van der Waals surface area contributed by atoms with E-state index in [0.717, 1.165) is 5.56 Å². The van der Waals surface area contributed by atoms with Crippen LogP contribution in [0, 0.1) is 0 Å². The number of fused-ring (bicyclic) bond motifs is 3. The van der Waals surface area contributed by atoms with Gasteiger partial charge in [0.25, 0.3) is 5.56 Å². The largest absolute Gasteiger partial charge is 0.493 e. The first kappa shape index (κ1) is 22.7. The maximum absolute atomic E-state index is 13.3. The van der Waals surface area contributed by atoms with Crippen LogP contribution in [0.1, 0.15) is 15.9 Å². The molecule has 0 bridgehead atoms. The van der Waals surface area contributed by atoms with Gasteiger partial charge in [-0.25, -0.2) is 0 Å². The first-order valence-corrected chi connectivity index (χ1v) is 11.9. The molecule has 5 aromatic rings. The van der Waals surface area contributed by atoms with Crippen molar-refractivity contribution in [3.8, 4) is 11.5 Å². The first-order chi connectivity index (χ1) is 17.1. The van der Waals surface area contributed by atoms with E-state index in [0.29, 0.717) is 45.4 Å². The lowest BCUT2D eigenvalue weighted by Crippen LogP contribution is -2.24. The summed E-state index contributed by atoms with van der Waals surface area (Å²) in [5.41, 5.74) is 2.05. The van der Waals surface area contributed by atoms with Crippen LogP contribution in [-0.2, 0) is 6.54 Å². The number of para-hydroxylation sites is 1. The predicted molar refractivity (Wildman–Crippen MR) is 135 cm³/mol. The zero-order valence-electron chi connectivity index (χ0n) is 19.2. The maximum Gasteiger partial charge on any atom is 0.263 e. The summed E-state index contributed by atoms with van der Waals surface area (Å²) in [6.07, 6.45) is 0. The molecule has 3 aromatic carbocycles. The number of ether oxygens (including phenoxy) is 2. The Hall–Kier alpha value is -4.11. The van der Waals surface area contributed by atoms with Crippen LogP contribution in [0.5, 0.6) is 11.5 Å². The molecule has 5 rings (SSSR count). The van der Waals surface area contributed by atoms with E-state index in [9.17, 15) is 9.59 Å². The molecule has 0 atom stereocenters. The summed E-state index contributed by atoms with van der Waals surface area (Å²) in [6.45, 7) is 0.362. The fraction of sp³-hybridized carbons (Fsp3) is 0.154. The van der Waals surface area contributed by atoms with Gasteiger partial charge < -0.3 is 9.47 Å². The average molecular weight is 487 g/mol. The van der Waals surface area contributed by atoms with Crippen molar-refractivity contribution in [3.05, 3.63) is 94.3 Å². The van der Waals surface area contributed by atoms with Crippen molar-refractivity contribution < 1.29 is 14.3 Å². The van der Waals surface area contributed by atoms with Crippen LogP contribution in [0.4, 0.5) is 0 Å². The molecule has 0 spiro atoms. The van der Waals surface area contributed by atoms with E-state index in [1.54, 1.807) is 35.9 Å².